The third-order valence-corrected chi connectivity index (χ3v) is 4.93. The van der Waals surface area contributed by atoms with Crippen molar-refractivity contribution in [3.63, 3.8) is 0 Å². The second-order valence-corrected chi connectivity index (χ2v) is 7.08. The van der Waals surface area contributed by atoms with Crippen LogP contribution in [0.2, 0.25) is 5.02 Å². The van der Waals surface area contributed by atoms with Crippen molar-refractivity contribution in [2.45, 2.75) is 19.4 Å². The zero-order valence-corrected chi connectivity index (χ0v) is 15.7. The lowest BCUT2D eigenvalue weighted by Crippen LogP contribution is -2.23. The molecule has 2 aromatic carbocycles. The van der Waals surface area contributed by atoms with Crippen LogP contribution >= 0.6 is 50.1 Å². The van der Waals surface area contributed by atoms with Gasteiger partial charge in [-0.05, 0) is 70.9 Å². The molecule has 1 unspecified atom stereocenters. The van der Waals surface area contributed by atoms with Gasteiger partial charge < -0.3 is 5.32 Å². The summed E-state index contributed by atoms with van der Waals surface area (Å²) in [6.45, 7) is 3.05. The summed E-state index contributed by atoms with van der Waals surface area (Å²) in [5, 5.41) is 4.38. The number of halogens is 3. The summed E-state index contributed by atoms with van der Waals surface area (Å²) in [7, 11) is 0. The molecule has 0 amide bonds. The van der Waals surface area contributed by atoms with Crippen molar-refractivity contribution in [2.75, 3.05) is 6.54 Å². The maximum atomic E-state index is 6.29. The molecule has 0 aliphatic heterocycles. The summed E-state index contributed by atoms with van der Waals surface area (Å²) in [5.74, 6) is 0. The van der Waals surface area contributed by atoms with Gasteiger partial charge in [-0.15, -0.1) is 0 Å². The Labute approximate surface area is 147 Å². The summed E-state index contributed by atoms with van der Waals surface area (Å²) in [6.07, 6.45) is 0.881. The topological polar surface area (TPSA) is 12.0 Å². The molecule has 2 rings (SSSR count). The maximum Gasteiger partial charge on any atom is 0.0438 e. The fourth-order valence-corrected chi connectivity index (χ4v) is 3.46. The first-order chi connectivity index (χ1) is 9.61. The molecule has 0 saturated carbocycles. The van der Waals surface area contributed by atoms with Crippen molar-refractivity contribution in [1.29, 1.82) is 0 Å². The first-order valence-corrected chi connectivity index (χ1v) is 8.78. The van der Waals surface area contributed by atoms with E-state index in [1.165, 1.54) is 14.7 Å². The first-order valence-electron chi connectivity index (χ1n) is 6.53. The predicted molar refractivity (Wildman–Crippen MR) is 98.4 cm³/mol. The normalized spacial score (nSPS) is 12.4. The Morgan fingerprint density at radius 2 is 2.00 bits per heavy atom. The van der Waals surface area contributed by atoms with E-state index in [-0.39, 0.29) is 6.04 Å². The molecule has 0 bridgehead atoms. The van der Waals surface area contributed by atoms with E-state index in [1.54, 1.807) is 0 Å². The lowest BCUT2D eigenvalue weighted by Gasteiger charge is -2.21. The van der Waals surface area contributed by atoms with Gasteiger partial charge in [0.2, 0.25) is 0 Å². The zero-order chi connectivity index (χ0) is 14.5. The molecular formula is C16H16BrClIN. The molecule has 0 radical (unpaired) electrons. The van der Waals surface area contributed by atoms with E-state index in [1.807, 2.05) is 18.2 Å². The molecule has 0 saturated heterocycles. The van der Waals surface area contributed by atoms with E-state index in [0.29, 0.717) is 0 Å². The average molecular weight is 465 g/mol. The van der Waals surface area contributed by atoms with Gasteiger partial charge in [0, 0.05) is 19.1 Å². The minimum atomic E-state index is 0.254. The first kappa shape index (κ1) is 16.3. The highest BCUT2D eigenvalue weighted by Gasteiger charge is 2.16. The summed E-state index contributed by atoms with van der Waals surface area (Å²) in [6, 6.07) is 14.7. The van der Waals surface area contributed by atoms with Crippen LogP contribution in [0.15, 0.2) is 46.9 Å². The van der Waals surface area contributed by atoms with Gasteiger partial charge in [-0.1, -0.05) is 52.7 Å². The van der Waals surface area contributed by atoms with E-state index in [0.717, 1.165) is 22.5 Å². The van der Waals surface area contributed by atoms with Gasteiger partial charge in [-0.25, -0.2) is 0 Å². The van der Waals surface area contributed by atoms with Gasteiger partial charge in [0.15, 0.2) is 0 Å². The molecule has 4 heteroatoms. The Morgan fingerprint density at radius 1 is 1.25 bits per heavy atom. The highest BCUT2D eigenvalue weighted by atomic mass is 127. The second kappa shape index (κ2) is 7.78. The van der Waals surface area contributed by atoms with Crippen LogP contribution in [-0.2, 0) is 6.42 Å². The van der Waals surface area contributed by atoms with Crippen LogP contribution in [0.4, 0.5) is 0 Å². The quantitative estimate of drug-likeness (QED) is 0.568. The molecule has 0 heterocycles. The minimum absolute atomic E-state index is 0.254. The maximum absolute atomic E-state index is 6.29. The van der Waals surface area contributed by atoms with E-state index in [4.69, 9.17) is 11.6 Å². The van der Waals surface area contributed by atoms with Crippen molar-refractivity contribution in [1.82, 2.24) is 5.32 Å². The van der Waals surface area contributed by atoms with Crippen molar-refractivity contribution < 1.29 is 0 Å². The Kier molecular flexibility index (Phi) is 6.33. The molecule has 2 aromatic rings. The Hall–Kier alpha value is -0.100. The van der Waals surface area contributed by atoms with E-state index in [9.17, 15) is 0 Å². The lowest BCUT2D eigenvalue weighted by atomic mass is 9.99. The predicted octanol–water partition coefficient (Wildman–Crippen LogP) is 5.60. The summed E-state index contributed by atoms with van der Waals surface area (Å²) >= 11 is 12.3. The second-order valence-electron chi connectivity index (χ2n) is 4.57. The SMILES string of the molecule is CCNC(Cc1ccccc1Cl)c1cc(I)ccc1Br. The molecule has 0 spiro atoms. The Bertz CT molecular complexity index is 588. The van der Waals surface area contributed by atoms with Gasteiger partial charge >= 0.3 is 0 Å². The fourth-order valence-electron chi connectivity index (χ4n) is 2.20. The van der Waals surface area contributed by atoms with Crippen LogP contribution in [0.5, 0.6) is 0 Å². The van der Waals surface area contributed by atoms with Gasteiger partial charge in [0.25, 0.3) is 0 Å². The summed E-state index contributed by atoms with van der Waals surface area (Å²) in [4.78, 5) is 0. The number of hydrogen-bond donors (Lipinski definition) is 1. The van der Waals surface area contributed by atoms with Crippen LogP contribution in [-0.4, -0.2) is 6.54 Å². The molecular weight excluding hydrogens is 448 g/mol. The molecule has 1 N–H and O–H groups in total. The smallest absolute Gasteiger partial charge is 0.0438 e. The minimum Gasteiger partial charge on any atom is -0.310 e. The van der Waals surface area contributed by atoms with Crippen LogP contribution < -0.4 is 5.32 Å². The molecule has 1 nitrogen and oxygen atoms in total. The monoisotopic (exact) mass is 463 g/mol. The van der Waals surface area contributed by atoms with Crippen molar-refractivity contribution in [2.24, 2.45) is 0 Å². The standard InChI is InChI=1S/C16H16BrClIN/c1-2-20-16(9-11-5-3-4-6-15(11)18)13-10-12(19)7-8-14(13)17/h3-8,10,16,20H,2,9H2,1H3. The van der Waals surface area contributed by atoms with Crippen LogP contribution in [0.1, 0.15) is 24.1 Å². The molecule has 106 valence electrons. The molecule has 0 aliphatic carbocycles. The number of hydrogen-bond acceptors (Lipinski definition) is 1. The van der Waals surface area contributed by atoms with E-state index in [2.05, 4.69) is 75.0 Å². The van der Waals surface area contributed by atoms with Crippen molar-refractivity contribution >= 4 is 50.1 Å². The van der Waals surface area contributed by atoms with Crippen LogP contribution in [0, 0.1) is 3.57 Å². The highest BCUT2D eigenvalue weighted by Crippen LogP contribution is 2.29. The van der Waals surface area contributed by atoms with Crippen molar-refractivity contribution in [3.8, 4) is 0 Å². The third kappa shape index (κ3) is 4.20. The lowest BCUT2D eigenvalue weighted by molar-refractivity contribution is 0.548. The molecule has 20 heavy (non-hydrogen) atoms. The van der Waals surface area contributed by atoms with Crippen LogP contribution in [0.25, 0.3) is 0 Å². The summed E-state index contributed by atoms with van der Waals surface area (Å²) in [5.41, 5.74) is 2.45. The largest absolute Gasteiger partial charge is 0.310 e. The molecule has 0 fully saturated rings. The van der Waals surface area contributed by atoms with Crippen molar-refractivity contribution in [3.05, 3.63) is 66.7 Å². The highest BCUT2D eigenvalue weighted by molar-refractivity contribution is 14.1. The number of likely N-dealkylation sites (N-methyl/N-ethyl adjacent to an activating group) is 1. The molecule has 0 aromatic heterocycles. The fraction of sp³-hybridized carbons (Fsp3) is 0.250. The van der Waals surface area contributed by atoms with Gasteiger partial charge in [0.05, 0.1) is 0 Å². The van der Waals surface area contributed by atoms with Gasteiger partial charge in [-0.3, -0.25) is 0 Å². The number of rotatable bonds is 5. The van der Waals surface area contributed by atoms with Gasteiger partial charge in [-0.2, -0.15) is 0 Å². The molecule has 1 atom stereocenters. The number of nitrogens with one attached hydrogen (secondary N) is 1. The van der Waals surface area contributed by atoms with Gasteiger partial charge in [0.1, 0.15) is 0 Å². The summed E-state index contributed by atoms with van der Waals surface area (Å²) < 4.78 is 2.37. The Morgan fingerprint density at radius 3 is 2.70 bits per heavy atom. The van der Waals surface area contributed by atoms with Crippen LogP contribution in [0.3, 0.4) is 0 Å². The van der Waals surface area contributed by atoms with E-state index >= 15 is 0 Å². The Balaban J connectivity index is 2.32. The zero-order valence-electron chi connectivity index (χ0n) is 11.2. The third-order valence-electron chi connectivity index (χ3n) is 3.17. The average Bonchev–Trinajstić information content (AvgIpc) is 2.43. The molecule has 0 aliphatic rings. The van der Waals surface area contributed by atoms with E-state index < -0.39 is 0 Å². The number of benzene rings is 2.